The molecule has 0 atom stereocenters. The Hall–Kier alpha value is -2.50. The summed E-state index contributed by atoms with van der Waals surface area (Å²) in [4.78, 5) is 29.4. The lowest BCUT2D eigenvalue weighted by Crippen LogP contribution is -2.48. The van der Waals surface area contributed by atoms with E-state index in [0.29, 0.717) is 18.8 Å². The van der Waals surface area contributed by atoms with Gasteiger partial charge in [0.15, 0.2) is 11.3 Å². The van der Waals surface area contributed by atoms with Gasteiger partial charge < -0.3 is 19.1 Å². The standard InChI is InChI=1S/C19H25N3O3.C2H6/c1-5-14-10-15-12-17(19(24)20(3)4)25-18(15)16(11-14)22-8-6-21(7-9-22)13(2)23;1-2/h10-12H,5-9H2,1-4H3;1-2H3. The van der Waals surface area contributed by atoms with Gasteiger partial charge in [0.05, 0.1) is 5.69 Å². The maximum absolute atomic E-state index is 12.2. The molecule has 2 aromatic rings. The predicted molar refractivity (Wildman–Crippen MR) is 109 cm³/mol. The largest absolute Gasteiger partial charge is 0.449 e. The monoisotopic (exact) mass is 373 g/mol. The van der Waals surface area contributed by atoms with E-state index in [1.54, 1.807) is 21.0 Å². The van der Waals surface area contributed by atoms with Crippen molar-refractivity contribution in [2.75, 3.05) is 45.2 Å². The summed E-state index contributed by atoms with van der Waals surface area (Å²) in [5.74, 6) is 0.336. The average molecular weight is 373 g/mol. The summed E-state index contributed by atoms with van der Waals surface area (Å²) < 4.78 is 5.94. The van der Waals surface area contributed by atoms with Gasteiger partial charge in [-0.1, -0.05) is 20.8 Å². The van der Waals surface area contributed by atoms with Crippen LogP contribution in [0.3, 0.4) is 0 Å². The SMILES string of the molecule is CC.CCc1cc(N2CCN(C(C)=O)CC2)c2oc(C(=O)N(C)C)cc2c1. The van der Waals surface area contributed by atoms with Crippen LogP contribution >= 0.6 is 0 Å². The molecule has 0 aliphatic carbocycles. The van der Waals surface area contributed by atoms with Crippen LogP contribution in [0.2, 0.25) is 0 Å². The molecule has 0 bridgehead atoms. The molecule has 1 saturated heterocycles. The molecule has 27 heavy (non-hydrogen) atoms. The van der Waals surface area contributed by atoms with E-state index in [4.69, 9.17) is 4.42 Å². The Morgan fingerprint density at radius 2 is 1.70 bits per heavy atom. The van der Waals surface area contributed by atoms with Crippen molar-refractivity contribution >= 4 is 28.5 Å². The van der Waals surface area contributed by atoms with Gasteiger partial charge in [0, 0.05) is 52.6 Å². The first kappa shape index (κ1) is 20.8. The molecule has 0 saturated carbocycles. The van der Waals surface area contributed by atoms with Crippen molar-refractivity contribution in [2.45, 2.75) is 34.1 Å². The molecular formula is C21H31N3O3. The second-order valence-corrected chi connectivity index (χ2v) is 6.69. The lowest BCUT2D eigenvalue weighted by molar-refractivity contribution is -0.129. The molecule has 0 radical (unpaired) electrons. The van der Waals surface area contributed by atoms with E-state index in [-0.39, 0.29) is 11.8 Å². The fourth-order valence-corrected chi connectivity index (χ4v) is 3.22. The molecule has 6 heteroatoms. The molecule has 1 aliphatic heterocycles. The van der Waals surface area contributed by atoms with E-state index in [0.717, 1.165) is 36.2 Å². The number of hydrogen-bond donors (Lipinski definition) is 0. The highest BCUT2D eigenvalue weighted by Gasteiger charge is 2.23. The van der Waals surface area contributed by atoms with Crippen LogP contribution in [0, 0.1) is 0 Å². The van der Waals surface area contributed by atoms with Gasteiger partial charge in [-0.2, -0.15) is 0 Å². The number of benzene rings is 1. The predicted octanol–water partition coefficient (Wildman–Crippen LogP) is 3.39. The first-order valence-corrected chi connectivity index (χ1v) is 9.69. The van der Waals surface area contributed by atoms with E-state index in [2.05, 4.69) is 24.0 Å². The van der Waals surface area contributed by atoms with Gasteiger partial charge in [0.2, 0.25) is 5.91 Å². The third-order valence-electron chi connectivity index (χ3n) is 4.75. The highest BCUT2D eigenvalue weighted by Crippen LogP contribution is 2.32. The normalized spacial score (nSPS) is 14.0. The number of hydrogen-bond acceptors (Lipinski definition) is 4. The molecule has 0 unspecified atom stereocenters. The quantitative estimate of drug-likeness (QED) is 0.827. The van der Waals surface area contributed by atoms with Gasteiger partial charge in [0.25, 0.3) is 5.91 Å². The third-order valence-corrected chi connectivity index (χ3v) is 4.75. The van der Waals surface area contributed by atoms with Crippen LogP contribution in [-0.2, 0) is 11.2 Å². The molecular weight excluding hydrogens is 342 g/mol. The number of nitrogens with zero attached hydrogens (tertiary/aromatic N) is 3. The fraction of sp³-hybridized carbons (Fsp3) is 0.524. The molecule has 6 nitrogen and oxygen atoms in total. The number of furan rings is 1. The first-order valence-electron chi connectivity index (χ1n) is 9.69. The van der Waals surface area contributed by atoms with Gasteiger partial charge in [-0.15, -0.1) is 0 Å². The minimum Gasteiger partial charge on any atom is -0.449 e. The van der Waals surface area contributed by atoms with Crippen LogP contribution in [0.1, 0.15) is 43.8 Å². The van der Waals surface area contributed by atoms with Crippen LogP contribution < -0.4 is 4.90 Å². The first-order chi connectivity index (χ1) is 12.9. The summed E-state index contributed by atoms with van der Waals surface area (Å²) in [6.45, 7) is 10.7. The summed E-state index contributed by atoms with van der Waals surface area (Å²) in [6, 6.07) is 6.05. The van der Waals surface area contributed by atoms with E-state index < -0.39 is 0 Å². The lowest BCUT2D eigenvalue weighted by Gasteiger charge is -2.35. The number of fused-ring (bicyclic) bond motifs is 1. The highest BCUT2D eigenvalue weighted by molar-refractivity contribution is 5.99. The van der Waals surface area contributed by atoms with Crippen molar-refractivity contribution in [3.8, 4) is 0 Å². The van der Waals surface area contributed by atoms with Crippen molar-refractivity contribution in [2.24, 2.45) is 0 Å². The van der Waals surface area contributed by atoms with Gasteiger partial charge in [-0.3, -0.25) is 9.59 Å². The van der Waals surface area contributed by atoms with Gasteiger partial charge in [-0.25, -0.2) is 0 Å². The molecule has 148 valence electrons. The average Bonchev–Trinajstić information content (AvgIpc) is 3.12. The van der Waals surface area contributed by atoms with E-state index in [1.165, 1.54) is 10.5 Å². The number of piperazine rings is 1. The smallest absolute Gasteiger partial charge is 0.289 e. The summed E-state index contributed by atoms with van der Waals surface area (Å²) >= 11 is 0. The van der Waals surface area contributed by atoms with Crippen molar-refractivity contribution in [1.82, 2.24) is 9.80 Å². The van der Waals surface area contributed by atoms with Gasteiger partial charge in [0.1, 0.15) is 0 Å². The number of carbonyl (C=O) groups excluding carboxylic acids is 2. The number of amides is 2. The van der Waals surface area contributed by atoms with E-state index >= 15 is 0 Å². The van der Waals surface area contributed by atoms with Crippen LogP contribution in [0.15, 0.2) is 22.6 Å². The third kappa shape index (κ3) is 4.43. The zero-order valence-corrected chi connectivity index (χ0v) is 17.3. The number of rotatable bonds is 3. The van der Waals surface area contributed by atoms with Crippen molar-refractivity contribution in [3.63, 3.8) is 0 Å². The van der Waals surface area contributed by atoms with Gasteiger partial charge >= 0.3 is 0 Å². The maximum atomic E-state index is 12.2. The molecule has 2 heterocycles. The fourth-order valence-electron chi connectivity index (χ4n) is 3.22. The van der Waals surface area contributed by atoms with Crippen LogP contribution in [0.5, 0.6) is 0 Å². The van der Waals surface area contributed by atoms with Crippen LogP contribution in [0.4, 0.5) is 5.69 Å². The summed E-state index contributed by atoms with van der Waals surface area (Å²) in [6.07, 6.45) is 0.915. The molecule has 1 fully saturated rings. The molecule has 1 aromatic carbocycles. The zero-order chi connectivity index (χ0) is 20.1. The summed E-state index contributed by atoms with van der Waals surface area (Å²) in [5, 5.41) is 0.952. The molecule has 2 amide bonds. The highest BCUT2D eigenvalue weighted by atomic mass is 16.3. The molecule has 1 aliphatic rings. The van der Waals surface area contributed by atoms with Crippen LogP contribution in [0.25, 0.3) is 11.0 Å². The maximum Gasteiger partial charge on any atom is 0.289 e. The van der Waals surface area contributed by atoms with Gasteiger partial charge in [-0.05, 0) is 30.2 Å². The Morgan fingerprint density at radius 3 is 2.22 bits per heavy atom. The minimum absolute atomic E-state index is 0.115. The molecule has 3 rings (SSSR count). The van der Waals surface area contributed by atoms with Crippen molar-refractivity contribution in [1.29, 1.82) is 0 Å². The zero-order valence-electron chi connectivity index (χ0n) is 17.3. The Kier molecular flexibility index (Phi) is 6.88. The lowest BCUT2D eigenvalue weighted by atomic mass is 10.1. The topological polar surface area (TPSA) is 57.0 Å². The number of carbonyl (C=O) groups is 2. The number of anilines is 1. The second kappa shape index (κ2) is 8.93. The minimum atomic E-state index is -0.137. The molecule has 1 aromatic heterocycles. The number of aryl methyl sites for hydroxylation is 1. The van der Waals surface area contributed by atoms with Crippen LogP contribution in [-0.4, -0.2) is 61.9 Å². The Morgan fingerprint density at radius 1 is 1.07 bits per heavy atom. The Balaban J connectivity index is 0.00000126. The molecule has 0 N–H and O–H groups in total. The second-order valence-electron chi connectivity index (χ2n) is 6.69. The Labute approximate surface area is 161 Å². The molecule has 0 spiro atoms. The summed E-state index contributed by atoms with van der Waals surface area (Å²) in [7, 11) is 3.43. The van der Waals surface area contributed by atoms with E-state index in [1.807, 2.05) is 24.8 Å². The van der Waals surface area contributed by atoms with Crippen molar-refractivity contribution in [3.05, 3.63) is 29.5 Å². The Bertz CT molecular complexity index is 802. The van der Waals surface area contributed by atoms with E-state index in [9.17, 15) is 9.59 Å². The van der Waals surface area contributed by atoms with Crippen molar-refractivity contribution < 1.29 is 14.0 Å². The summed E-state index contributed by atoms with van der Waals surface area (Å²) in [5.41, 5.74) is 2.97.